The highest BCUT2D eigenvalue weighted by atomic mass is 79.9. The van der Waals surface area contributed by atoms with Crippen molar-refractivity contribution in [3.05, 3.63) is 58.7 Å². The molecule has 1 saturated heterocycles. The molecule has 4 rings (SSSR count). The molecular formula is C19H16BrN3O2. The van der Waals surface area contributed by atoms with Gasteiger partial charge >= 0.3 is 0 Å². The number of amides is 2. The van der Waals surface area contributed by atoms with Crippen molar-refractivity contribution in [2.45, 2.75) is 12.3 Å². The van der Waals surface area contributed by atoms with E-state index in [9.17, 15) is 9.59 Å². The maximum atomic E-state index is 12.6. The molecule has 126 valence electrons. The van der Waals surface area contributed by atoms with Gasteiger partial charge in [0.2, 0.25) is 11.8 Å². The second-order valence-electron chi connectivity index (χ2n) is 6.21. The van der Waals surface area contributed by atoms with Crippen molar-refractivity contribution >= 4 is 44.3 Å². The van der Waals surface area contributed by atoms with E-state index in [2.05, 4.69) is 15.9 Å². The Bertz CT molecular complexity index is 1020. The van der Waals surface area contributed by atoms with Crippen LogP contribution >= 0.6 is 15.9 Å². The van der Waals surface area contributed by atoms with Crippen LogP contribution in [0.2, 0.25) is 0 Å². The number of nitrogens with zero attached hydrogens (tertiary/aromatic N) is 2. The van der Waals surface area contributed by atoms with E-state index in [0.29, 0.717) is 5.69 Å². The van der Waals surface area contributed by atoms with E-state index in [1.807, 2.05) is 53.1 Å². The van der Waals surface area contributed by atoms with Gasteiger partial charge in [0.05, 0.1) is 22.8 Å². The number of imide groups is 1. The highest BCUT2D eigenvalue weighted by Gasteiger charge is 2.39. The number of likely N-dealkylation sites (N-methyl/N-ethyl adjacent to an activating group) is 1. The first-order chi connectivity index (χ1) is 12.0. The van der Waals surface area contributed by atoms with Gasteiger partial charge in [0.1, 0.15) is 0 Å². The minimum Gasteiger partial charge on any atom is -0.397 e. The molecule has 3 aromatic rings. The average Bonchev–Trinajstić information content (AvgIpc) is 3.07. The van der Waals surface area contributed by atoms with Crippen molar-refractivity contribution < 1.29 is 9.59 Å². The normalized spacial score (nSPS) is 17.7. The van der Waals surface area contributed by atoms with Crippen LogP contribution in [0.1, 0.15) is 18.0 Å². The van der Waals surface area contributed by atoms with Crippen LogP contribution in [0.4, 0.5) is 5.69 Å². The van der Waals surface area contributed by atoms with Crippen molar-refractivity contribution in [1.29, 1.82) is 0 Å². The third-order valence-corrected chi connectivity index (χ3v) is 5.20. The molecule has 5 nitrogen and oxygen atoms in total. The number of aromatic nitrogens is 1. The summed E-state index contributed by atoms with van der Waals surface area (Å²) in [6.45, 7) is 0. The molecule has 2 aromatic carbocycles. The van der Waals surface area contributed by atoms with Crippen molar-refractivity contribution in [2.75, 3.05) is 12.8 Å². The van der Waals surface area contributed by atoms with Crippen LogP contribution in [0.25, 0.3) is 16.6 Å². The second kappa shape index (κ2) is 5.74. The number of nitrogen functional groups attached to an aromatic ring is 1. The predicted octanol–water partition coefficient (Wildman–Crippen LogP) is 3.45. The number of nitrogens with two attached hydrogens (primary N) is 1. The molecule has 25 heavy (non-hydrogen) atoms. The zero-order valence-corrected chi connectivity index (χ0v) is 15.2. The third kappa shape index (κ3) is 2.44. The van der Waals surface area contributed by atoms with Crippen LogP contribution in [0, 0.1) is 0 Å². The summed E-state index contributed by atoms with van der Waals surface area (Å²) < 4.78 is 2.95. The SMILES string of the molecule is CN1C(=O)CC(c2cc3cc(Br)ccc3n2-c2ccccc2N)C1=O. The summed E-state index contributed by atoms with van der Waals surface area (Å²) in [6, 6.07) is 15.5. The summed E-state index contributed by atoms with van der Waals surface area (Å²) >= 11 is 3.49. The average molecular weight is 398 g/mol. The van der Waals surface area contributed by atoms with Crippen LogP contribution in [0.3, 0.4) is 0 Å². The molecule has 0 radical (unpaired) electrons. The predicted molar refractivity (Wildman–Crippen MR) is 101 cm³/mol. The van der Waals surface area contributed by atoms with Crippen molar-refractivity contribution in [3.8, 4) is 5.69 Å². The zero-order chi connectivity index (χ0) is 17.7. The van der Waals surface area contributed by atoms with Crippen LogP contribution in [-0.4, -0.2) is 28.3 Å². The summed E-state index contributed by atoms with van der Waals surface area (Å²) in [6.07, 6.45) is 0.180. The number of benzene rings is 2. The van der Waals surface area contributed by atoms with Crippen molar-refractivity contribution in [2.24, 2.45) is 0 Å². The van der Waals surface area contributed by atoms with Crippen LogP contribution in [0.5, 0.6) is 0 Å². The standard InChI is InChI=1S/C19H16BrN3O2/c1-22-18(24)10-13(19(22)25)17-9-11-8-12(20)6-7-15(11)23(17)16-5-3-2-4-14(16)21/h2-9,13H,10,21H2,1H3. The molecule has 2 N–H and O–H groups in total. The molecule has 1 aromatic heterocycles. The Morgan fingerprint density at radius 1 is 1.12 bits per heavy atom. The number of para-hydroxylation sites is 2. The Morgan fingerprint density at radius 2 is 1.88 bits per heavy atom. The first-order valence-corrected chi connectivity index (χ1v) is 8.73. The lowest BCUT2D eigenvalue weighted by Crippen LogP contribution is -2.25. The van der Waals surface area contributed by atoms with Gasteiger partial charge in [0.15, 0.2) is 0 Å². The minimum atomic E-state index is -0.497. The highest BCUT2D eigenvalue weighted by molar-refractivity contribution is 9.10. The molecular weight excluding hydrogens is 382 g/mol. The van der Waals surface area contributed by atoms with Gasteiger partial charge in [-0.1, -0.05) is 28.1 Å². The lowest BCUT2D eigenvalue weighted by atomic mass is 10.0. The van der Waals surface area contributed by atoms with Crippen LogP contribution in [0.15, 0.2) is 53.0 Å². The van der Waals surface area contributed by atoms with E-state index in [4.69, 9.17) is 5.73 Å². The Kier molecular flexibility index (Phi) is 3.65. The maximum absolute atomic E-state index is 12.6. The molecule has 0 saturated carbocycles. The Balaban J connectivity index is 2.01. The maximum Gasteiger partial charge on any atom is 0.238 e. The molecule has 1 atom stereocenters. The van der Waals surface area contributed by atoms with E-state index < -0.39 is 5.92 Å². The summed E-state index contributed by atoms with van der Waals surface area (Å²) in [5.74, 6) is -0.833. The molecule has 6 heteroatoms. The molecule has 0 bridgehead atoms. The second-order valence-corrected chi connectivity index (χ2v) is 7.13. The van der Waals surface area contributed by atoms with E-state index in [1.54, 1.807) is 0 Å². The fraction of sp³-hybridized carbons (Fsp3) is 0.158. The first-order valence-electron chi connectivity index (χ1n) is 7.93. The Hall–Kier alpha value is -2.60. The Morgan fingerprint density at radius 3 is 2.56 bits per heavy atom. The number of carbonyl (C=O) groups excluding carboxylic acids is 2. The number of likely N-dealkylation sites (tertiary alicyclic amines) is 1. The number of carbonyl (C=O) groups is 2. The van der Waals surface area contributed by atoms with E-state index >= 15 is 0 Å². The molecule has 1 unspecified atom stereocenters. The summed E-state index contributed by atoms with van der Waals surface area (Å²) in [7, 11) is 1.53. The van der Waals surface area contributed by atoms with Gasteiger partial charge in [-0.3, -0.25) is 14.5 Å². The quantitative estimate of drug-likeness (QED) is 0.531. The third-order valence-electron chi connectivity index (χ3n) is 4.71. The molecule has 1 aliphatic rings. The molecule has 2 amide bonds. The highest BCUT2D eigenvalue weighted by Crippen LogP contribution is 2.37. The van der Waals surface area contributed by atoms with Gasteiger partial charge in [-0.25, -0.2) is 0 Å². The van der Waals surface area contributed by atoms with Gasteiger partial charge in [0, 0.05) is 29.0 Å². The largest absolute Gasteiger partial charge is 0.397 e. The first kappa shape index (κ1) is 15.9. The smallest absolute Gasteiger partial charge is 0.238 e. The van der Waals surface area contributed by atoms with Crippen LogP contribution in [-0.2, 0) is 9.59 Å². The minimum absolute atomic E-state index is 0.158. The van der Waals surface area contributed by atoms with Crippen LogP contribution < -0.4 is 5.73 Å². The summed E-state index contributed by atoms with van der Waals surface area (Å²) in [5.41, 5.74) is 9.36. The molecule has 1 aliphatic heterocycles. The summed E-state index contributed by atoms with van der Waals surface area (Å²) in [4.78, 5) is 25.8. The number of halogens is 1. The Labute approximate surface area is 153 Å². The topological polar surface area (TPSA) is 68.3 Å². The fourth-order valence-corrected chi connectivity index (χ4v) is 3.79. The van der Waals surface area contributed by atoms with E-state index in [0.717, 1.165) is 26.8 Å². The van der Waals surface area contributed by atoms with Crippen molar-refractivity contribution in [3.63, 3.8) is 0 Å². The lowest BCUT2D eigenvalue weighted by molar-refractivity contribution is -0.137. The van der Waals surface area contributed by atoms with Gasteiger partial charge in [-0.2, -0.15) is 0 Å². The number of fused-ring (bicyclic) bond motifs is 1. The number of hydrogen-bond acceptors (Lipinski definition) is 3. The van der Waals surface area contributed by atoms with Crippen molar-refractivity contribution in [1.82, 2.24) is 9.47 Å². The number of anilines is 1. The van der Waals surface area contributed by atoms with Gasteiger partial charge in [0.25, 0.3) is 0 Å². The molecule has 2 heterocycles. The molecule has 0 spiro atoms. The molecule has 1 fully saturated rings. The zero-order valence-electron chi connectivity index (χ0n) is 13.6. The van der Waals surface area contributed by atoms with E-state index in [1.165, 1.54) is 11.9 Å². The summed E-state index contributed by atoms with van der Waals surface area (Å²) in [5, 5.41) is 0.988. The monoisotopic (exact) mass is 397 g/mol. The molecule has 0 aliphatic carbocycles. The van der Waals surface area contributed by atoms with E-state index in [-0.39, 0.29) is 18.2 Å². The lowest BCUT2D eigenvalue weighted by Gasteiger charge is -2.16. The number of rotatable bonds is 2. The fourth-order valence-electron chi connectivity index (χ4n) is 3.41. The van der Waals surface area contributed by atoms with Gasteiger partial charge in [-0.15, -0.1) is 0 Å². The van der Waals surface area contributed by atoms with Gasteiger partial charge < -0.3 is 10.3 Å². The number of hydrogen-bond donors (Lipinski definition) is 1. The van der Waals surface area contributed by atoms with Gasteiger partial charge in [-0.05, 0) is 36.4 Å².